The Balaban J connectivity index is 0.00000176. The second-order valence-corrected chi connectivity index (χ2v) is 37.0. The summed E-state index contributed by atoms with van der Waals surface area (Å²) in [6.07, 6.45) is -1.14. The van der Waals surface area contributed by atoms with Crippen molar-refractivity contribution < 1.29 is 260 Å². The summed E-state index contributed by atoms with van der Waals surface area (Å²) < 4.78 is 0. The Labute approximate surface area is 841 Å². The molecule has 3 N–H and O–H groups in total. The van der Waals surface area contributed by atoms with Crippen molar-refractivity contribution in [1.29, 1.82) is 0 Å². The largest absolute Gasteiger partial charge is 1.00 e. The smallest absolute Gasteiger partial charge is 0.862 e. The van der Waals surface area contributed by atoms with Crippen LogP contribution in [-0.2, 0) is 30.0 Å². The van der Waals surface area contributed by atoms with Gasteiger partial charge in [-0.25, -0.2) is 0 Å². The molecule has 7 aliphatic carbocycles. The quantitative estimate of drug-likeness (QED) is 0.0275. The van der Waals surface area contributed by atoms with Gasteiger partial charge < -0.3 is 70.0 Å². The van der Waals surface area contributed by atoms with Crippen LogP contribution in [0.25, 0.3) is 291 Å². The molecule has 544 valence electrons. The number of hydrogen-bond donors (Lipinski definition) is 3. The van der Waals surface area contributed by atoms with Crippen molar-refractivity contribution in [2.75, 3.05) is 78.5 Å². The van der Waals surface area contributed by atoms with E-state index in [1.54, 1.807) is 248 Å². The molecule has 30 aromatic carbocycles. The molecule has 0 saturated carbocycles. The van der Waals surface area contributed by atoms with Crippen LogP contribution in [0, 0.1) is 0 Å². The first-order valence-corrected chi connectivity index (χ1v) is 41.4. The van der Waals surface area contributed by atoms with Crippen LogP contribution in [0.2, 0.25) is 0 Å². The van der Waals surface area contributed by atoms with Gasteiger partial charge in [-0.05, 0) is 385 Å². The molecule has 0 amide bonds. The van der Waals surface area contributed by atoms with Crippen molar-refractivity contribution in [3.05, 3.63) is 92.5 Å². The van der Waals surface area contributed by atoms with E-state index in [0.29, 0.717) is 5.56 Å². The molecular weight excluding hydrogens is 1610 g/mol. The first-order valence-electron chi connectivity index (χ1n) is 41.4. The minimum absolute atomic E-state index is 0. The zero-order valence-corrected chi connectivity index (χ0v) is 77.7. The minimum Gasteiger partial charge on any atom is -0.862 e. The predicted molar refractivity (Wildman–Crippen MR) is 451 cm³/mol. The number of rotatable bonds is 28. The molecule has 2 bridgehead atoms. The number of aliphatic hydroxyl groups excluding tert-OH is 1. The normalized spacial score (nSPS) is 19.5. The molecule has 0 radical (unpaired) electrons. The molecule has 2 spiro atoms. The number of benzene rings is 20. The van der Waals surface area contributed by atoms with Crippen LogP contribution in [0.1, 0.15) is 100 Å². The van der Waals surface area contributed by atoms with Crippen LogP contribution in [0.4, 0.5) is 0 Å². The Kier molecular flexibility index (Phi) is 12.2. The summed E-state index contributed by atoms with van der Waals surface area (Å²) in [5.41, 5.74) is 11.1. The molecule has 21 heteroatoms. The zero-order valence-electron chi connectivity index (χ0n) is 65.2. The maximum Gasteiger partial charge on any atom is 1.00 e. The number of carbonyl (C=O) groups is 4. The second-order valence-electron chi connectivity index (χ2n) is 37.0. The van der Waals surface area contributed by atoms with E-state index in [4.69, 9.17) is 4.99 Å². The van der Waals surface area contributed by atoms with Crippen molar-refractivity contribution in [1.82, 2.24) is 14.7 Å². The molecule has 37 rings (SSSR count). The van der Waals surface area contributed by atoms with Gasteiger partial charge in [0.1, 0.15) is 0 Å². The third-order valence-electron chi connectivity index (χ3n) is 33.8. The van der Waals surface area contributed by atoms with Crippen molar-refractivity contribution >= 4 is 332 Å². The Hall–Kier alpha value is -6.38. The summed E-state index contributed by atoms with van der Waals surface area (Å²) in [6, 6.07) is 16.5. The number of aliphatic imine (C=N–C) groups is 3. The van der Waals surface area contributed by atoms with Gasteiger partial charge in [0.15, 0.2) is 0 Å². The van der Waals surface area contributed by atoms with E-state index in [1.165, 1.54) is 97.7 Å². The van der Waals surface area contributed by atoms with Gasteiger partial charge >= 0.3 is 217 Å². The summed E-state index contributed by atoms with van der Waals surface area (Å²) >= 11 is 0. The first-order chi connectivity index (χ1) is 56.8. The number of nitrogens with zero attached hydrogens (tertiary/aromatic N) is 6. The molecule has 0 aromatic heterocycles. The fraction of sp³-hybridized carbons (Fsp3) is 0.222. The molecule has 2 unspecified atom stereocenters. The first kappa shape index (κ1) is 69.9. The molecule has 120 heavy (non-hydrogen) atoms. The van der Waals surface area contributed by atoms with Gasteiger partial charge in [-0.3, -0.25) is 14.6 Å². The van der Waals surface area contributed by atoms with Gasteiger partial charge in [0, 0.05) is 99.1 Å². The van der Waals surface area contributed by atoms with Gasteiger partial charge in [-0.1, -0.05) is 30.3 Å². The van der Waals surface area contributed by atoms with Crippen molar-refractivity contribution in [2.24, 2.45) is 15.0 Å². The molecule has 7 aliphatic rings. The number of aliphatic carboxylic acids is 4. The zero-order chi connectivity index (χ0) is 75.1. The monoisotopic (exact) mass is 1650 g/mol. The average Bonchev–Trinajstić information content (AvgIpc) is 1.37. The van der Waals surface area contributed by atoms with E-state index >= 15 is 0 Å². The molecule has 0 heterocycles. The number of carboxylic acid groups (broad SMARTS) is 4. The van der Waals surface area contributed by atoms with Crippen LogP contribution in [0.3, 0.4) is 0 Å². The third kappa shape index (κ3) is 6.17. The van der Waals surface area contributed by atoms with Gasteiger partial charge in [-0.2, -0.15) is 0 Å². The van der Waals surface area contributed by atoms with Crippen molar-refractivity contribution in [2.45, 2.75) is 61.2 Å². The van der Waals surface area contributed by atoms with Gasteiger partial charge in [0.05, 0.1) is 32.5 Å². The maximum absolute atomic E-state index is 13.7. The summed E-state index contributed by atoms with van der Waals surface area (Å²) in [4.78, 5) is 64.5. The molecule has 17 nitrogen and oxygen atoms in total. The predicted octanol–water partition coefficient (Wildman–Crippen LogP) is 2.34. The van der Waals surface area contributed by atoms with Crippen molar-refractivity contribution in [3.63, 3.8) is 0 Å². The Bertz CT molecular complexity index is 9250. The van der Waals surface area contributed by atoms with Gasteiger partial charge in [0.25, 0.3) is 0 Å². The number of aliphatic hydroxyl groups is 1. The topological polar surface area (TPSA) is 268 Å². The third-order valence-corrected chi connectivity index (χ3v) is 33.8. The van der Waals surface area contributed by atoms with E-state index in [1.807, 2.05) is 4.90 Å². The minimum atomic E-state index is -1.29. The van der Waals surface area contributed by atoms with Crippen LogP contribution in [0.15, 0.2) is 57.4 Å². The molecule has 30 aromatic rings. The molecule has 2 atom stereocenters. The van der Waals surface area contributed by atoms with Crippen LogP contribution in [0.5, 0.6) is 0 Å². The second kappa shape index (κ2) is 21.0. The van der Waals surface area contributed by atoms with Gasteiger partial charge in [0.2, 0.25) is 5.90 Å². The molecule has 0 fully saturated rings. The van der Waals surface area contributed by atoms with E-state index in [2.05, 4.69) is 52.4 Å². The van der Waals surface area contributed by atoms with E-state index in [9.17, 15) is 54.9 Å². The Morgan fingerprint density at radius 1 is 0.275 bits per heavy atom. The van der Waals surface area contributed by atoms with Crippen molar-refractivity contribution in [3.8, 4) is 0 Å². The van der Waals surface area contributed by atoms with Crippen LogP contribution >= 0.6 is 0 Å². The van der Waals surface area contributed by atoms with Crippen LogP contribution < -0.4 is 226 Å². The summed E-state index contributed by atoms with van der Waals surface area (Å²) in [6.45, 7) is 1.21. The van der Waals surface area contributed by atoms with E-state index in [0.717, 1.165) is 0 Å². The molecule has 0 saturated heterocycles. The summed E-state index contributed by atoms with van der Waals surface area (Å²) in [7, 11) is 0. The number of carbonyl (C=O) groups excluding carboxylic acids is 2. The average molecular weight is 1650 g/mol. The Morgan fingerprint density at radius 3 is 0.742 bits per heavy atom. The summed E-state index contributed by atoms with van der Waals surface area (Å²) in [5, 5.41) is 166. The fourth-order valence-corrected chi connectivity index (χ4v) is 31.6. The number of hydrogen-bond acceptors (Lipinski definition) is 14. The van der Waals surface area contributed by atoms with Gasteiger partial charge in [-0.15, -0.1) is 0 Å². The standard InChI is InChI=1S/C99H52N6O11.4K/c106-31(100-13-22-104(18-9-33(108)109)19-10-34(110)111)7-16-103(17-8-32(107)101-14-23-105(20-11-35(112)113)21-12-36(114)115)24-15-102-97(116)26-5-6-29-30(25-26)92-28-4-2-1-3-27(28)91(29)98-93-83-75-65-55-47-39-37-38-41-45-43(39)51-59-53(45)63-57-49(41)50-42(38)46-44-40(37)48(47)56-62-52(44)60-54(46)64-58(50)68-67(57)77-71(63)81-73(59)79(69(75)61(51)55)87(93)89(81)95-85(77)86-78(68)72(64)82-74(60)80-70(62)76(66(56)65)84(83)94(98)88(80)90(82)96(86)99(92,95)98;;;;/h1-6,25,91-92H,7-24H2,(H,100,106)(H,101,107)(H,102,116)(H,108,109)(H,110,111)(H,112,113)(H,114,115);;;;/q;4*+1/p-4. The van der Waals surface area contributed by atoms with Crippen LogP contribution in [-0.4, -0.2) is 150 Å². The van der Waals surface area contributed by atoms with E-state index in [-0.39, 0.29) is 340 Å². The molecule has 0 aliphatic heterocycles. The fourth-order valence-electron chi connectivity index (χ4n) is 31.6. The Morgan fingerprint density at radius 2 is 0.492 bits per heavy atom. The SMILES string of the molecule is O=C([O-])CCN(CCN=C([O-])CCN(CCN=C(O)c1ccc2c(c1)C1c3ccccc3C2C23c4c5c6c7c8c9c(c%10c%11c2c2c4c4c%12c5c5c6c6c8c8c%13c9c9c%10c%10c%11c%11c2c2c4c4c%12c%12c5c5c6c8c6c8c%13c9c9c%10c%10c%11c2c2c4c4c%12c5c6c5c8c9c%10c2c45)C713)CCC([O-])=NCCN(CCC(=O)O)CCC(=O)O)CCC(=O)[O-].[K+].[K+].[K+].[K+]. The van der Waals surface area contributed by atoms with E-state index < -0.39 is 46.5 Å². The summed E-state index contributed by atoms with van der Waals surface area (Å²) in [5.74, 6) is -5.95. The number of carboxylic acids is 4. The maximum atomic E-state index is 13.7. The molecular formula is C99H48K4N6O11.